The van der Waals surface area contributed by atoms with Crippen molar-refractivity contribution in [3.05, 3.63) is 34.5 Å². The number of imide groups is 1. The lowest BCUT2D eigenvalue weighted by molar-refractivity contribution is -0.138. The van der Waals surface area contributed by atoms with Gasteiger partial charge in [0.2, 0.25) is 11.8 Å². The van der Waals surface area contributed by atoms with Crippen molar-refractivity contribution >= 4 is 34.5 Å². The molecule has 1 fully saturated rings. The highest BCUT2D eigenvalue weighted by Gasteiger charge is 2.29. The Bertz CT molecular complexity index is 570. The van der Waals surface area contributed by atoms with Crippen molar-refractivity contribution in [1.29, 1.82) is 0 Å². The molecule has 0 aromatic carbocycles. The summed E-state index contributed by atoms with van der Waals surface area (Å²) in [6.07, 6.45) is 0.726. The standard InChI is InChI=1S/C13H11NO2S2/c15-12-5-6-13(16)14(12)8-9-3-4-11(18-9)10-2-1-7-17-10/h1-4,7H,5-6,8H2. The third-order valence-corrected chi connectivity index (χ3v) is 5.03. The van der Waals surface area contributed by atoms with Gasteiger partial charge in [-0.1, -0.05) is 6.07 Å². The Labute approximate surface area is 113 Å². The molecule has 2 aromatic heterocycles. The topological polar surface area (TPSA) is 37.4 Å². The molecule has 0 bridgehead atoms. The molecule has 0 spiro atoms. The second-order valence-corrected chi connectivity index (χ2v) is 6.23. The number of likely N-dealkylation sites (tertiary alicyclic amines) is 1. The van der Waals surface area contributed by atoms with E-state index >= 15 is 0 Å². The number of hydrogen-bond acceptors (Lipinski definition) is 4. The fourth-order valence-electron chi connectivity index (χ4n) is 1.97. The lowest BCUT2D eigenvalue weighted by Crippen LogP contribution is -2.27. The van der Waals surface area contributed by atoms with Crippen LogP contribution in [0.15, 0.2) is 29.6 Å². The highest BCUT2D eigenvalue weighted by molar-refractivity contribution is 7.21. The van der Waals surface area contributed by atoms with Crippen LogP contribution in [0.3, 0.4) is 0 Å². The zero-order valence-electron chi connectivity index (χ0n) is 9.59. The zero-order chi connectivity index (χ0) is 12.5. The lowest BCUT2D eigenvalue weighted by atomic mass is 10.3. The molecule has 0 saturated carbocycles. The summed E-state index contributed by atoms with van der Waals surface area (Å²) in [5.74, 6) is -0.0999. The number of carbonyl (C=O) groups excluding carboxylic acids is 2. The number of hydrogen-bond donors (Lipinski definition) is 0. The van der Waals surface area contributed by atoms with Gasteiger partial charge < -0.3 is 0 Å². The van der Waals surface area contributed by atoms with E-state index in [1.54, 1.807) is 22.7 Å². The van der Waals surface area contributed by atoms with Crippen molar-refractivity contribution < 1.29 is 9.59 Å². The van der Waals surface area contributed by atoms with Crippen molar-refractivity contribution in [3.8, 4) is 9.75 Å². The van der Waals surface area contributed by atoms with Gasteiger partial charge in [0.05, 0.1) is 6.54 Å². The number of thiophene rings is 2. The van der Waals surface area contributed by atoms with Crippen LogP contribution in [0.1, 0.15) is 17.7 Å². The number of amides is 2. The van der Waals surface area contributed by atoms with E-state index in [9.17, 15) is 9.59 Å². The molecule has 2 aromatic rings. The molecule has 1 aliphatic rings. The van der Waals surface area contributed by atoms with Gasteiger partial charge in [-0.05, 0) is 23.6 Å². The summed E-state index contributed by atoms with van der Waals surface area (Å²) in [6, 6.07) is 8.15. The van der Waals surface area contributed by atoms with Crippen LogP contribution in [0.2, 0.25) is 0 Å². The minimum absolute atomic E-state index is 0.0499. The normalized spacial score (nSPS) is 15.7. The van der Waals surface area contributed by atoms with Crippen LogP contribution in [0.25, 0.3) is 9.75 Å². The summed E-state index contributed by atoms with van der Waals surface area (Å²) in [6.45, 7) is 0.424. The average molecular weight is 277 g/mol. The van der Waals surface area contributed by atoms with Gasteiger partial charge in [-0.25, -0.2) is 0 Å². The SMILES string of the molecule is O=C1CCC(=O)N1Cc1ccc(-c2cccs2)s1. The van der Waals surface area contributed by atoms with E-state index in [1.165, 1.54) is 14.7 Å². The maximum atomic E-state index is 11.5. The van der Waals surface area contributed by atoms with Crippen LogP contribution >= 0.6 is 22.7 Å². The molecule has 0 radical (unpaired) electrons. The molecule has 0 N–H and O–H groups in total. The molecule has 3 nitrogen and oxygen atoms in total. The smallest absolute Gasteiger partial charge is 0.230 e. The predicted octanol–water partition coefficient (Wildman–Crippen LogP) is 3.13. The molecule has 92 valence electrons. The fraction of sp³-hybridized carbons (Fsp3) is 0.231. The molecule has 18 heavy (non-hydrogen) atoms. The predicted molar refractivity (Wildman–Crippen MR) is 72.4 cm³/mol. The van der Waals surface area contributed by atoms with E-state index in [-0.39, 0.29) is 11.8 Å². The van der Waals surface area contributed by atoms with E-state index in [4.69, 9.17) is 0 Å². The van der Waals surface area contributed by atoms with Gasteiger partial charge in [-0.15, -0.1) is 22.7 Å². The highest BCUT2D eigenvalue weighted by Crippen LogP contribution is 2.32. The number of rotatable bonds is 3. The second-order valence-electron chi connectivity index (χ2n) is 4.12. The van der Waals surface area contributed by atoms with Crippen LogP contribution in [-0.4, -0.2) is 16.7 Å². The molecule has 2 amide bonds. The van der Waals surface area contributed by atoms with Crippen LogP contribution in [0, 0.1) is 0 Å². The fourth-order valence-corrected chi connectivity index (χ4v) is 3.80. The second kappa shape index (κ2) is 4.66. The quantitative estimate of drug-likeness (QED) is 0.808. The number of carbonyl (C=O) groups is 2. The molecule has 0 aliphatic carbocycles. The largest absolute Gasteiger partial charge is 0.277 e. The Morgan fingerprint density at radius 1 is 1.06 bits per heavy atom. The van der Waals surface area contributed by atoms with Crippen molar-refractivity contribution in [2.75, 3.05) is 0 Å². The Morgan fingerprint density at radius 3 is 2.50 bits per heavy atom. The van der Waals surface area contributed by atoms with Crippen molar-refractivity contribution in [2.45, 2.75) is 19.4 Å². The zero-order valence-corrected chi connectivity index (χ0v) is 11.2. The molecule has 1 saturated heterocycles. The molecule has 3 rings (SSSR count). The summed E-state index contributed by atoms with van der Waals surface area (Å²) >= 11 is 3.34. The monoisotopic (exact) mass is 277 g/mol. The first kappa shape index (κ1) is 11.6. The van der Waals surface area contributed by atoms with E-state index in [0.29, 0.717) is 19.4 Å². The number of nitrogens with zero attached hydrogens (tertiary/aromatic N) is 1. The van der Waals surface area contributed by atoms with Gasteiger partial charge in [0, 0.05) is 27.5 Å². The Kier molecular flexibility index (Phi) is 3.01. The van der Waals surface area contributed by atoms with Gasteiger partial charge in [-0.2, -0.15) is 0 Å². The van der Waals surface area contributed by atoms with Crippen LogP contribution in [0.4, 0.5) is 0 Å². The summed E-state index contributed by atoms with van der Waals surface area (Å²) in [5.41, 5.74) is 0. The van der Waals surface area contributed by atoms with Crippen LogP contribution in [0.5, 0.6) is 0 Å². The molecule has 0 unspecified atom stereocenters. The summed E-state index contributed by atoms with van der Waals surface area (Å²) in [7, 11) is 0. The molecule has 5 heteroatoms. The van der Waals surface area contributed by atoms with Crippen LogP contribution in [-0.2, 0) is 16.1 Å². The maximum absolute atomic E-state index is 11.5. The summed E-state index contributed by atoms with van der Waals surface area (Å²) in [4.78, 5) is 27.9. The molecule has 0 atom stereocenters. The Morgan fingerprint density at radius 2 is 1.83 bits per heavy atom. The minimum atomic E-state index is -0.0499. The first-order valence-electron chi connectivity index (χ1n) is 5.70. The molecule has 1 aliphatic heterocycles. The Hall–Kier alpha value is -1.46. The summed E-state index contributed by atoms with van der Waals surface area (Å²) < 4.78 is 0. The van der Waals surface area contributed by atoms with Gasteiger partial charge >= 0.3 is 0 Å². The van der Waals surface area contributed by atoms with E-state index in [0.717, 1.165) is 4.88 Å². The van der Waals surface area contributed by atoms with E-state index < -0.39 is 0 Å². The minimum Gasteiger partial charge on any atom is -0.277 e. The molecular formula is C13H11NO2S2. The van der Waals surface area contributed by atoms with Gasteiger partial charge in [0.1, 0.15) is 0 Å². The average Bonchev–Trinajstić information content (AvgIpc) is 3.06. The van der Waals surface area contributed by atoms with E-state index in [1.807, 2.05) is 17.5 Å². The van der Waals surface area contributed by atoms with Gasteiger partial charge in [0.15, 0.2) is 0 Å². The van der Waals surface area contributed by atoms with Crippen LogP contribution < -0.4 is 0 Å². The lowest BCUT2D eigenvalue weighted by Gasteiger charge is -2.11. The van der Waals surface area contributed by atoms with Crippen molar-refractivity contribution in [1.82, 2.24) is 4.90 Å². The van der Waals surface area contributed by atoms with E-state index in [2.05, 4.69) is 12.1 Å². The Balaban J connectivity index is 1.78. The third-order valence-electron chi connectivity index (χ3n) is 2.89. The third kappa shape index (κ3) is 2.11. The van der Waals surface area contributed by atoms with Gasteiger partial charge in [-0.3, -0.25) is 14.5 Å². The molecular weight excluding hydrogens is 266 g/mol. The first-order valence-corrected chi connectivity index (χ1v) is 7.39. The van der Waals surface area contributed by atoms with Crippen molar-refractivity contribution in [3.63, 3.8) is 0 Å². The van der Waals surface area contributed by atoms with Gasteiger partial charge in [0.25, 0.3) is 0 Å². The van der Waals surface area contributed by atoms with Crippen molar-refractivity contribution in [2.24, 2.45) is 0 Å². The summed E-state index contributed by atoms with van der Waals surface area (Å²) in [5, 5.41) is 2.04. The molecule has 3 heterocycles. The maximum Gasteiger partial charge on any atom is 0.230 e. The highest BCUT2D eigenvalue weighted by atomic mass is 32.1. The first-order chi connectivity index (χ1) is 8.74.